The van der Waals surface area contributed by atoms with Crippen molar-refractivity contribution in [1.29, 1.82) is 0 Å². The van der Waals surface area contributed by atoms with Crippen LogP contribution in [0.4, 0.5) is 0 Å². The molecule has 3 aliphatic rings. The Kier molecular flexibility index (Phi) is 4.17. The summed E-state index contributed by atoms with van der Waals surface area (Å²) in [5.74, 6) is 0.682. The lowest BCUT2D eigenvalue weighted by atomic mass is 9.94. The van der Waals surface area contributed by atoms with Gasteiger partial charge in [0.05, 0.1) is 5.69 Å². The highest BCUT2D eigenvalue weighted by Gasteiger charge is 2.37. The molecular weight excluding hydrogens is 336 g/mol. The summed E-state index contributed by atoms with van der Waals surface area (Å²) in [4.78, 5) is 25.6. The summed E-state index contributed by atoms with van der Waals surface area (Å²) in [6.45, 7) is 3.70. The minimum atomic E-state index is 0.139. The largest absolute Gasteiger partial charge is 0.351 e. The van der Waals surface area contributed by atoms with E-state index in [4.69, 9.17) is 0 Å². The number of carbonyl (C=O) groups is 1. The Morgan fingerprint density at radius 3 is 2.81 bits per heavy atom. The fourth-order valence-electron chi connectivity index (χ4n) is 4.62. The number of fused-ring (bicyclic) bond motifs is 5. The van der Waals surface area contributed by atoms with Gasteiger partial charge >= 0.3 is 0 Å². The lowest BCUT2D eigenvalue weighted by Gasteiger charge is -2.36. The van der Waals surface area contributed by atoms with Crippen molar-refractivity contribution in [3.63, 3.8) is 0 Å². The lowest BCUT2D eigenvalue weighted by molar-refractivity contribution is 0.0580. The fraction of sp³-hybridized carbons (Fsp3) is 0.364. The van der Waals surface area contributed by atoms with E-state index in [1.165, 1.54) is 6.42 Å². The number of hydrogen-bond donors (Lipinski definition) is 1. The van der Waals surface area contributed by atoms with Crippen LogP contribution in [0.5, 0.6) is 0 Å². The third-order valence-corrected chi connectivity index (χ3v) is 5.92. The lowest BCUT2D eigenvalue weighted by Crippen LogP contribution is -2.47. The first-order valence-electron chi connectivity index (χ1n) is 9.77. The van der Waals surface area contributed by atoms with Crippen molar-refractivity contribution in [2.75, 3.05) is 19.6 Å². The number of nitrogens with zero attached hydrogens (tertiary/aromatic N) is 3. The molecule has 27 heavy (non-hydrogen) atoms. The molecular formula is C22H24N4O. The Bertz CT molecular complexity index is 918. The van der Waals surface area contributed by atoms with Gasteiger partial charge in [-0.1, -0.05) is 24.3 Å². The molecule has 6 rings (SSSR count). The maximum Gasteiger partial charge on any atom is 0.270 e. The number of piperidine rings is 1. The van der Waals surface area contributed by atoms with Gasteiger partial charge in [-0.25, -0.2) is 0 Å². The van der Waals surface area contributed by atoms with Gasteiger partial charge in [0.2, 0.25) is 0 Å². The van der Waals surface area contributed by atoms with E-state index in [0.29, 0.717) is 11.6 Å². The van der Waals surface area contributed by atoms with Crippen LogP contribution in [0, 0.1) is 5.92 Å². The van der Waals surface area contributed by atoms with E-state index in [1.807, 2.05) is 48.7 Å². The number of aromatic amines is 1. The zero-order valence-corrected chi connectivity index (χ0v) is 15.3. The molecule has 3 fully saturated rings. The highest BCUT2D eigenvalue weighted by Crippen LogP contribution is 2.30. The van der Waals surface area contributed by atoms with E-state index < -0.39 is 0 Å². The van der Waals surface area contributed by atoms with Gasteiger partial charge in [-0.05, 0) is 43.0 Å². The van der Waals surface area contributed by atoms with Gasteiger partial charge in [0.1, 0.15) is 5.69 Å². The first-order valence-corrected chi connectivity index (χ1v) is 9.77. The number of amides is 1. The van der Waals surface area contributed by atoms with Crippen molar-refractivity contribution in [2.24, 2.45) is 5.92 Å². The van der Waals surface area contributed by atoms with Gasteiger partial charge in [0.25, 0.3) is 5.91 Å². The molecule has 5 heterocycles. The minimum absolute atomic E-state index is 0.139. The van der Waals surface area contributed by atoms with Crippen molar-refractivity contribution >= 4 is 16.8 Å². The predicted octanol–water partition coefficient (Wildman–Crippen LogP) is 3.30. The number of carbonyl (C=O) groups excluding carboxylic acids is 1. The van der Waals surface area contributed by atoms with Gasteiger partial charge in [-0.15, -0.1) is 0 Å². The van der Waals surface area contributed by atoms with Crippen LogP contribution in [0.2, 0.25) is 0 Å². The van der Waals surface area contributed by atoms with Crippen LogP contribution >= 0.6 is 0 Å². The molecule has 0 radical (unpaired) electrons. The quantitative estimate of drug-likeness (QED) is 0.780. The van der Waals surface area contributed by atoms with E-state index >= 15 is 0 Å². The summed E-state index contributed by atoms with van der Waals surface area (Å²) in [6, 6.07) is 16.4. The van der Waals surface area contributed by atoms with E-state index in [1.54, 1.807) is 0 Å². The molecule has 2 aromatic heterocycles. The number of benzene rings is 1. The summed E-state index contributed by atoms with van der Waals surface area (Å²) in [5.41, 5.74) is 2.84. The smallest absolute Gasteiger partial charge is 0.270 e. The van der Waals surface area contributed by atoms with E-state index in [0.717, 1.165) is 49.2 Å². The van der Waals surface area contributed by atoms with Crippen molar-refractivity contribution in [3.05, 3.63) is 66.1 Å². The molecule has 0 spiro atoms. The van der Waals surface area contributed by atoms with Crippen LogP contribution < -0.4 is 0 Å². The predicted molar refractivity (Wildman–Crippen MR) is 105 cm³/mol. The van der Waals surface area contributed by atoms with Crippen LogP contribution in [0.3, 0.4) is 0 Å². The minimum Gasteiger partial charge on any atom is -0.351 e. The third kappa shape index (κ3) is 3.23. The molecule has 1 amide bonds. The maximum absolute atomic E-state index is 13.2. The zero-order chi connectivity index (χ0) is 18.2. The Labute approximate surface area is 159 Å². The summed E-state index contributed by atoms with van der Waals surface area (Å²) in [5, 5.41) is 1.10. The molecule has 2 atom stereocenters. The normalized spacial score (nSPS) is 22.9. The summed E-state index contributed by atoms with van der Waals surface area (Å²) in [6.07, 6.45) is 4.16. The van der Waals surface area contributed by atoms with Gasteiger partial charge in [0.15, 0.2) is 0 Å². The number of aromatic nitrogens is 2. The summed E-state index contributed by atoms with van der Waals surface area (Å²) in [7, 11) is 0. The number of H-pyrrole nitrogens is 1. The summed E-state index contributed by atoms with van der Waals surface area (Å²) >= 11 is 0. The molecule has 138 valence electrons. The van der Waals surface area contributed by atoms with Crippen molar-refractivity contribution in [3.8, 4) is 0 Å². The molecule has 5 nitrogen and oxygen atoms in total. The van der Waals surface area contributed by atoms with Crippen LogP contribution in [0.15, 0.2) is 54.7 Å². The molecule has 3 saturated heterocycles. The molecule has 0 saturated carbocycles. The van der Waals surface area contributed by atoms with Crippen LogP contribution in [0.1, 0.15) is 29.0 Å². The molecule has 2 bridgehead atoms. The number of rotatable bonds is 3. The van der Waals surface area contributed by atoms with Crippen LogP contribution in [-0.2, 0) is 6.54 Å². The number of hydrogen-bond acceptors (Lipinski definition) is 3. The maximum atomic E-state index is 13.2. The standard InChI is InChI=1S/C22H24N4O/c27-22(21-11-17-5-1-2-7-20(17)24-21)26-13-16-8-9-19(26)15-25(12-16)14-18-6-3-4-10-23-18/h1-7,10-11,16,19,24H,8-9,12-15H2/t16-,19+/m1/s1. The van der Waals surface area contributed by atoms with Crippen molar-refractivity contribution < 1.29 is 4.79 Å². The molecule has 0 unspecified atom stereocenters. The van der Waals surface area contributed by atoms with Crippen LogP contribution in [0.25, 0.3) is 10.9 Å². The number of pyridine rings is 1. The van der Waals surface area contributed by atoms with Crippen molar-refractivity contribution in [1.82, 2.24) is 19.8 Å². The fourth-order valence-corrected chi connectivity index (χ4v) is 4.62. The Balaban J connectivity index is 1.36. The van der Waals surface area contributed by atoms with Gasteiger partial charge in [0, 0.05) is 49.3 Å². The molecule has 5 heteroatoms. The van der Waals surface area contributed by atoms with Gasteiger partial charge < -0.3 is 9.88 Å². The second-order valence-corrected chi connectivity index (χ2v) is 7.84. The van der Waals surface area contributed by atoms with E-state index in [-0.39, 0.29) is 11.9 Å². The Morgan fingerprint density at radius 2 is 1.96 bits per heavy atom. The first-order chi connectivity index (χ1) is 13.3. The molecule has 3 aromatic rings. The average molecular weight is 360 g/mol. The van der Waals surface area contributed by atoms with Crippen LogP contribution in [-0.4, -0.2) is 51.4 Å². The number of para-hydroxylation sites is 1. The molecule has 1 N–H and O–H groups in total. The first kappa shape index (κ1) is 16.5. The monoisotopic (exact) mass is 360 g/mol. The topological polar surface area (TPSA) is 52.2 Å². The van der Waals surface area contributed by atoms with Crippen molar-refractivity contribution in [2.45, 2.75) is 25.4 Å². The van der Waals surface area contributed by atoms with E-state index in [9.17, 15) is 4.79 Å². The average Bonchev–Trinajstić information content (AvgIpc) is 2.95. The number of nitrogens with one attached hydrogen (secondary N) is 1. The van der Waals surface area contributed by atoms with E-state index in [2.05, 4.69) is 25.8 Å². The van der Waals surface area contributed by atoms with Gasteiger partial charge in [-0.3, -0.25) is 14.7 Å². The highest BCUT2D eigenvalue weighted by atomic mass is 16.2. The Hall–Kier alpha value is -2.66. The molecule has 0 aliphatic carbocycles. The summed E-state index contributed by atoms with van der Waals surface area (Å²) < 4.78 is 0. The SMILES string of the molecule is O=C(c1cc2ccccc2[nH]1)N1C[C@@H]2CC[C@H]1CN(Cc1ccccn1)C2. The Morgan fingerprint density at radius 1 is 1.07 bits per heavy atom. The second kappa shape index (κ2) is 6.82. The molecule has 3 aliphatic heterocycles. The molecule has 1 aromatic carbocycles. The third-order valence-electron chi connectivity index (χ3n) is 5.92. The second-order valence-electron chi connectivity index (χ2n) is 7.84. The zero-order valence-electron chi connectivity index (χ0n) is 15.3. The van der Waals surface area contributed by atoms with Gasteiger partial charge in [-0.2, -0.15) is 0 Å². The highest BCUT2D eigenvalue weighted by molar-refractivity contribution is 5.98.